The van der Waals surface area contributed by atoms with Crippen molar-refractivity contribution in [3.8, 4) is 0 Å². The first-order chi connectivity index (χ1) is 6.79. The van der Waals surface area contributed by atoms with E-state index in [1.807, 2.05) is 0 Å². The van der Waals surface area contributed by atoms with E-state index in [1.165, 1.54) is 12.1 Å². The number of nitrogens with zero attached hydrogens (tertiary/aromatic N) is 1. The zero-order valence-electron chi connectivity index (χ0n) is 7.15. The molecule has 4 heteroatoms. The maximum Gasteiger partial charge on any atom is 0.248 e. The van der Waals surface area contributed by atoms with Crippen LogP contribution in [0.1, 0.15) is 0 Å². The van der Waals surface area contributed by atoms with Crippen molar-refractivity contribution in [2.45, 2.75) is 0 Å². The third-order valence-electron chi connectivity index (χ3n) is 1.88. The molecular weight excluding hydrogens is 180 g/mol. The van der Waals surface area contributed by atoms with Crippen LogP contribution in [0.4, 0.5) is 5.69 Å². The van der Waals surface area contributed by atoms with E-state index < -0.39 is 0 Å². The van der Waals surface area contributed by atoms with Crippen LogP contribution in [0.15, 0.2) is 40.1 Å². The molecule has 0 aliphatic heterocycles. The van der Waals surface area contributed by atoms with E-state index in [9.17, 15) is 9.59 Å². The van der Waals surface area contributed by atoms with E-state index in [2.05, 4.69) is 9.98 Å². The summed E-state index contributed by atoms with van der Waals surface area (Å²) in [5, 5.41) is 0.898. The zero-order valence-corrected chi connectivity index (χ0v) is 7.15. The molecule has 0 bridgehead atoms. The van der Waals surface area contributed by atoms with Gasteiger partial charge in [-0.15, -0.1) is 0 Å². The molecule has 1 heterocycles. The fourth-order valence-electron chi connectivity index (χ4n) is 1.26. The molecule has 0 saturated carbocycles. The quantitative estimate of drug-likeness (QED) is 0.541. The molecule has 1 aromatic heterocycles. The predicted molar refractivity (Wildman–Crippen MR) is 52.4 cm³/mol. The number of pyridine rings is 1. The number of rotatable bonds is 1. The van der Waals surface area contributed by atoms with Gasteiger partial charge in [0.25, 0.3) is 0 Å². The van der Waals surface area contributed by atoms with Crippen molar-refractivity contribution < 1.29 is 4.79 Å². The van der Waals surface area contributed by atoms with Gasteiger partial charge < -0.3 is 4.98 Å². The van der Waals surface area contributed by atoms with Crippen LogP contribution >= 0.6 is 0 Å². The lowest BCUT2D eigenvalue weighted by atomic mass is 10.2. The molecule has 0 saturated heterocycles. The molecule has 2 rings (SSSR count). The molecule has 14 heavy (non-hydrogen) atoms. The Morgan fingerprint density at radius 1 is 1.21 bits per heavy atom. The van der Waals surface area contributed by atoms with Gasteiger partial charge in [-0.25, -0.2) is 4.79 Å². The van der Waals surface area contributed by atoms with Crippen molar-refractivity contribution in [3.05, 3.63) is 40.7 Å². The minimum atomic E-state index is -0.176. The normalized spacial score (nSPS) is 9.71. The average Bonchev–Trinajstić information content (AvgIpc) is 2.17. The SMILES string of the molecule is O=C=Nc1ccc2ccc(=O)[nH]c2c1. The Morgan fingerprint density at radius 3 is 2.79 bits per heavy atom. The largest absolute Gasteiger partial charge is 0.322 e. The van der Waals surface area contributed by atoms with Crippen molar-refractivity contribution >= 4 is 22.7 Å². The fraction of sp³-hybridized carbons (Fsp3) is 0. The second-order valence-electron chi connectivity index (χ2n) is 2.80. The zero-order chi connectivity index (χ0) is 9.97. The lowest BCUT2D eigenvalue weighted by Crippen LogP contribution is -2.01. The standard InChI is InChI=1S/C10H6N2O2/c13-6-11-8-3-1-7-2-4-10(14)12-9(7)5-8/h1-5H,(H,12,14). The number of nitrogens with one attached hydrogen (secondary N) is 1. The Balaban J connectivity index is 2.75. The number of carbonyl (C=O) groups excluding carboxylic acids is 1. The molecule has 2 aromatic rings. The summed E-state index contributed by atoms with van der Waals surface area (Å²) < 4.78 is 0. The maximum atomic E-state index is 11.0. The highest BCUT2D eigenvalue weighted by atomic mass is 16.1. The highest BCUT2D eigenvalue weighted by molar-refractivity contribution is 5.81. The van der Waals surface area contributed by atoms with E-state index in [-0.39, 0.29) is 5.56 Å². The summed E-state index contributed by atoms with van der Waals surface area (Å²) in [7, 11) is 0. The summed E-state index contributed by atoms with van der Waals surface area (Å²) in [4.78, 5) is 27.1. The second-order valence-corrected chi connectivity index (χ2v) is 2.80. The lowest BCUT2D eigenvalue weighted by molar-refractivity contribution is 0.565. The number of aromatic nitrogens is 1. The number of hydrogen-bond acceptors (Lipinski definition) is 3. The molecule has 0 amide bonds. The van der Waals surface area contributed by atoms with Gasteiger partial charge in [0.15, 0.2) is 0 Å². The van der Waals surface area contributed by atoms with Crippen molar-refractivity contribution in [1.29, 1.82) is 0 Å². The van der Waals surface area contributed by atoms with Gasteiger partial charge in [0, 0.05) is 6.07 Å². The van der Waals surface area contributed by atoms with Crippen molar-refractivity contribution in [1.82, 2.24) is 4.98 Å². The van der Waals surface area contributed by atoms with Gasteiger partial charge in [0.2, 0.25) is 11.6 Å². The Bertz CT molecular complexity index is 580. The van der Waals surface area contributed by atoms with Gasteiger partial charge in [-0.2, -0.15) is 4.99 Å². The first kappa shape index (κ1) is 8.41. The number of benzene rings is 1. The van der Waals surface area contributed by atoms with Crippen LogP contribution in [-0.2, 0) is 4.79 Å². The molecule has 0 spiro atoms. The summed E-state index contributed by atoms with van der Waals surface area (Å²) in [6.07, 6.45) is 1.45. The summed E-state index contributed by atoms with van der Waals surface area (Å²) in [5.74, 6) is 0. The topological polar surface area (TPSA) is 62.3 Å². The molecule has 0 aliphatic rings. The van der Waals surface area contributed by atoms with E-state index in [0.29, 0.717) is 11.2 Å². The second kappa shape index (κ2) is 3.28. The Kier molecular flexibility index (Phi) is 1.97. The number of hydrogen-bond donors (Lipinski definition) is 1. The van der Waals surface area contributed by atoms with Gasteiger partial charge >= 0.3 is 0 Å². The number of isocyanates is 1. The van der Waals surface area contributed by atoms with Gasteiger partial charge in [0.05, 0.1) is 11.2 Å². The predicted octanol–water partition coefficient (Wildman–Crippen LogP) is 1.50. The van der Waals surface area contributed by atoms with Crippen molar-refractivity contribution in [3.63, 3.8) is 0 Å². The maximum absolute atomic E-state index is 11.0. The van der Waals surface area contributed by atoms with Crippen molar-refractivity contribution in [2.75, 3.05) is 0 Å². The van der Waals surface area contributed by atoms with Crippen LogP contribution in [0.25, 0.3) is 10.9 Å². The third-order valence-corrected chi connectivity index (χ3v) is 1.88. The molecule has 0 unspecified atom stereocenters. The molecule has 1 aromatic carbocycles. The van der Waals surface area contributed by atoms with Gasteiger partial charge in [0.1, 0.15) is 0 Å². The Morgan fingerprint density at radius 2 is 2.00 bits per heavy atom. The summed E-state index contributed by atoms with van der Waals surface area (Å²) in [5.41, 5.74) is 0.966. The average molecular weight is 186 g/mol. The van der Waals surface area contributed by atoms with Crippen LogP contribution in [0.2, 0.25) is 0 Å². The number of H-pyrrole nitrogens is 1. The highest BCUT2D eigenvalue weighted by Crippen LogP contribution is 2.17. The minimum absolute atomic E-state index is 0.176. The van der Waals surface area contributed by atoms with E-state index in [4.69, 9.17) is 0 Å². The molecule has 0 radical (unpaired) electrons. The summed E-state index contributed by atoms with van der Waals surface area (Å²) in [6.45, 7) is 0. The molecular formula is C10H6N2O2. The van der Waals surface area contributed by atoms with Crippen LogP contribution in [0, 0.1) is 0 Å². The molecule has 68 valence electrons. The van der Waals surface area contributed by atoms with E-state index in [1.54, 1.807) is 24.3 Å². The van der Waals surface area contributed by atoms with Crippen LogP contribution < -0.4 is 5.56 Å². The summed E-state index contributed by atoms with van der Waals surface area (Å²) in [6, 6.07) is 8.25. The van der Waals surface area contributed by atoms with E-state index >= 15 is 0 Å². The fourth-order valence-corrected chi connectivity index (χ4v) is 1.26. The van der Waals surface area contributed by atoms with Crippen LogP contribution in [-0.4, -0.2) is 11.1 Å². The minimum Gasteiger partial charge on any atom is -0.322 e. The molecule has 0 atom stereocenters. The first-order valence-electron chi connectivity index (χ1n) is 4.00. The van der Waals surface area contributed by atoms with Crippen LogP contribution in [0.3, 0.4) is 0 Å². The molecule has 0 aliphatic carbocycles. The first-order valence-corrected chi connectivity index (χ1v) is 4.00. The highest BCUT2D eigenvalue weighted by Gasteiger charge is 1.95. The Labute approximate surface area is 78.9 Å². The van der Waals surface area contributed by atoms with Gasteiger partial charge in [-0.1, -0.05) is 6.07 Å². The molecule has 0 fully saturated rings. The summed E-state index contributed by atoms with van der Waals surface area (Å²) >= 11 is 0. The van der Waals surface area contributed by atoms with Gasteiger partial charge in [-0.3, -0.25) is 4.79 Å². The number of fused-ring (bicyclic) bond motifs is 1. The van der Waals surface area contributed by atoms with E-state index in [0.717, 1.165) is 5.39 Å². The molecule has 4 nitrogen and oxygen atoms in total. The third kappa shape index (κ3) is 1.46. The number of aromatic amines is 1. The van der Waals surface area contributed by atoms with Gasteiger partial charge in [-0.05, 0) is 23.6 Å². The Hall–Kier alpha value is -2.19. The molecule has 1 N–H and O–H groups in total. The smallest absolute Gasteiger partial charge is 0.248 e. The van der Waals surface area contributed by atoms with Crippen LogP contribution in [0.5, 0.6) is 0 Å². The number of aliphatic imine (C=N–C) groups is 1. The van der Waals surface area contributed by atoms with Crippen molar-refractivity contribution in [2.24, 2.45) is 4.99 Å². The lowest BCUT2D eigenvalue weighted by Gasteiger charge is -1.96. The monoisotopic (exact) mass is 186 g/mol.